The Morgan fingerprint density at radius 1 is 0.652 bits per heavy atom. The fourth-order valence-electron chi connectivity index (χ4n) is 3.33. The Kier molecular flexibility index (Phi) is 24.6. The molecule has 0 aromatic heterocycles. The number of aliphatic hydroxyl groups excluding tert-OH is 2. The molecule has 0 bridgehead atoms. The van der Waals surface area contributed by atoms with E-state index in [1.165, 1.54) is 11.1 Å². The van der Waals surface area contributed by atoms with Crippen LogP contribution in [-0.4, -0.2) is 110 Å². The van der Waals surface area contributed by atoms with E-state index in [9.17, 15) is 19.8 Å². The molecule has 260 valence electrons. The molecular formula is C34H54N2O10. The van der Waals surface area contributed by atoms with Crippen molar-refractivity contribution in [1.82, 2.24) is 10.6 Å². The van der Waals surface area contributed by atoms with Crippen molar-refractivity contribution in [1.29, 1.82) is 0 Å². The van der Waals surface area contributed by atoms with E-state index in [1.807, 2.05) is 76.2 Å². The van der Waals surface area contributed by atoms with Crippen LogP contribution in [0.3, 0.4) is 0 Å². The van der Waals surface area contributed by atoms with Crippen LogP contribution in [0, 0.1) is 0 Å². The molecule has 2 atom stereocenters. The van der Waals surface area contributed by atoms with Crippen LogP contribution in [0.2, 0.25) is 0 Å². The summed E-state index contributed by atoms with van der Waals surface area (Å²) < 4.78 is 21.1. The van der Waals surface area contributed by atoms with Crippen LogP contribution in [0.1, 0.15) is 38.8 Å². The van der Waals surface area contributed by atoms with Crippen molar-refractivity contribution < 1.29 is 49.0 Å². The van der Waals surface area contributed by atoms with Gasteiger partial charge in [0.25, 0.3) is 0 Å². The number of ether oxygens (including phenoxy) is 4. The standard InChI is InChI=1S/2C15H25NO3.C4H4O4/c2*1-12(2)16-10-14(17)11-19-15-6-4-13(5-7-15)8-9-18-3;5-3(6)1-2-4(7)8/h2*4-7,12,14,16-17H,8-11H2,1-3H3;1-2H,(H,5,6)(H,7,8)/b;;2-1-. The second-order valence-corrected chi connectivity index (χ2v) is 10.8. The summed E-state index contributed by atoms with van der Waals surface area (Å²) in [4.78, 5) is 19.1. The van der Waals surface area contributed by atoms with E-state index in [0.29, 0.717) is 50.5 Å². The van der Waals surface area contributed by atoms with Gasteiger partial charge in [0.2, 0.25) is 0 Å². The SMILES string of the molecule is COCCc1ccc(OCC(O)CNC(C)C)cc1.COCCc1ccc(OCC(O)CNC(C)C)cc1.O=C(O)/C=C\C(=O)O. The number of hydrogen-bond acceptors (Lipinski definition) is 10. The minimum atomic E-state index is -1.26. The number of methoxy groups -OCH3 is 2. The second-order valence-electron chi connectivity index (χ2n) is 10.8. The molecule has 12 heteroatoms. The summed E-state index contributed by atoms with van der Waals surface area (Å²) in [6.45, 7) is 11.3. The van der Waals surface area contributed by atoms with Crippen LogP contribution in [0.5, 0.6) is 11.5 Å². The number of aliphatic hydroxyl groups is 2. The molecule has 2 unspecified atom stereocenters. The Labute approximate surface area is 273 Å². The fourth-order valence-corrected chi connectivity index (χ4v) is 3.33. The van der Waals surface area contributed by atoms with Gasteiger partial charge in [0.15, 0.2) is 0 Å². The lowest BCUT2D eigenvalue weighted by Gasteiger charge is -2.15. The monoisotopic (exact) mass is 650 g/mol. The number of carboxylic acid groups (broad SMARTS) is 2. The molecule has 0 fully saturated rings. The number of carboxylic acids is 2. The third kappa shape index (κ3) is 25.8. The molecular weight excluding hydrogens is 596 g/mol. The lowest BCUT2D eigenvalue weighted by Crippen LogP contribution is -2.35. The zero-order valence-corrected chi connectivity index (χ0v) is 28.0. The molecule has 0 saturated carbocycles. The van der Waals surface area contributed by atoms with Crippen LogP contribution in [0.4, 0.5) is 0 Å². The van der Waals surface area contributed by atoms with Gasteiger partial charge in [-0.2, -0.15) is 0 Å². The van der Waals surface area contributed by atoms with E-state index < -0.39 is 24.1 Å². The second kappa shape index (κ2) is 26.7. The van der Waals surface area contributed by atoms with Gasteiger partial charge < -0.3 is 50.0 Å². The third-order valence-electron chi connectivity index (χ3n) is 5.81. The van der Waals surface area contributed by atoms with Crippen molar-refractivity contribution in [3.8, 4) is 11.5 Å². The molecule has 6 N–H and O–H groups in total. The van der Waals surface area contributed by atoms with Crippen molar-refractivity contribution >= 4 is 11.9 Å². The van der Waals surface area contributed by atoms with Gasteiger partial charge >= 0.3 is 11.9 Å². The summed E-state index contributed by atoms with van der Waals surface area (Å²) in [6, 6.07) is 16.5. The number of benzene rings is 2. The molecule has 0 aliphatic heterocycles. The number of nitrogens with one attached hydrogen (secondary N) is 2. The Hall–Kier alpha value is -3.52. The van der Waals surface area contributed by atoms with E-state index in [1.54, 1.807) is 14.2 Å². The minimum Gasteiger partial charge on any atom is -0.491 e. The van der Waals surface area contributed by atoms with E-state index >= 15 is 0 Å². The first-order valence-corrected chi connectivity index (χ1v) is 15.2. The van der Waals surface area contributed by atoms with E-state index in [0.717, 1.165) is 37.6 Å². The highest BCUT2D eigenvalue weighted by Crippen LogP contribution is 2.14. The first-order valence-electron chi connectivity index (χ1n) is 15.2. The molecule has 0 amide bonds. The molecule has 0 heterocycles. The fraction of sp³-hybridized carbons (Fsp3) is 0.529. The maximum absolute atomic E-state index is 9.73. The molecule has 2 aromatic carbocycles. The Balaban J connectivity index is 0.000000716. The van der Waals surface area contributed by atoms with Crippen LogP contribution >= 0.6 is 0 Å². The maximum atomic E-state index is 9.73. The summed E-state index contributed by atoms with van der Waals surface area (Å²) in [6.07, 6.45) is 1.94. The van der Waals surface area contributed by atoms with Crippen LogP contribution in [0.25, 0.3) is 0 Å². The maximum Gasteiger partial charge on any atom is 0.328 e. The van der Waals surface area contributed by atoms with Gasteiger partial charge in [-0.05, 0) is 48.2 Å². The number of carbonyl (C=O) groups is 2. The number of hydrogen-bond donors (Lipinski definition) is 6. The summed E-state index contributed by atoms with van der Waals surface area (Å²) in [5.41, 5.74) is 2.44. The Bertz CT molecular complexity index is 991. The third-order valence-corrected chi connectivity index (χ3v) is 5.81. The van der Waals surface area contributed by atoms with Crippen molar-refractivity contribution in [2.24, 2.45) is 0 Å². The van der Waals surface area contributed by atoms with Crippen LogP contribution < -0.4 is 20.1 Å². The highest BCUT2D eigenvalue weighted by Gasteiger charge is 2.07. The predicted molar refractivity (Wildman–Crippen MR) is 178 cm³/mol. The summed E-state index contributed by atoms with van der Waals surface area (Å²) >= 11 is 0. The van der Waals surface area contributed by atoms with E-state index in [4.69, 9.17) is 29.2 Å². The van der Waals surface area contributed by atoms with Crippen molar-refractivity contribution in [2.75, 3.05) is 53.7 Å². The molecule has 0 aliphatic rings. The van der Waals surface area contributed by atoms with Crippen molar-refractivity contribution in [2.45, 2.75) is 64.8 Å². The summed E-state index contributed by atoms with van der Waals surface area (Å²) in [5, 5.41) is 41.4. The molecule has 2 aromatic rings. The quantitative estimate of drug-likeness (QED) is 0.116. The molecule has 2 rings (SSSR count). The largest absolute Gasteiger partial charge is 0.491 e. The van der Waals surface area contributed by atoms with E-state index in [-0.39, 0.29) is 0 Å². The molecule has 0 aliphatic carbocycles. The Morgan fingerprint density at radius 3 is 1.24 bits per heavy atom. The molecule has 12 nitrogen and oxygen atoms in total. The first-order chi connectivity index (χ1) is 21.9. The van der Waals surface area contributed by atoms with Gasteiger partial charge in [-0.3, -0.25) is 0 Å². The molecule has 46 heavy (non-hydrogen) atoms. The van der Waals surface area contributed by atoms with Gasteiger partial charge in [-0.15, -0.1) is 0 Å². The van der Waals surface area contributed by atoms with Gasteiger partial charge in [-0.25, -0.2) is 9.59 Å². The zero-order valence-electron chi connectivity index (χ0n) is 28.0. The average Bonchev–Trinajstić information content (AvgIpc) is 3.03. The summed E-state index contributed by atoms with van der Waals surface area (Å²) in [7, 11) is 3.40. The van der Waals surface area contributed by atoms with Gasteiger partial charge in [0.1, 0.15) is 36.9 Å². The summed E-state index contributed by atoms with van der Waals surface area (Å²) in [5.74, 6) is -0.950. The number of aliphatic carboxylic acids is 2. The lowest BCUT2D eigenvalue weighted by atomic mass is 10.1. The normalized spacial score (nSPS) is 12.1. The minimum absolute atomic E-state index is 0.303. The highest BCUT2D eigenvalue weighted by molar-refractivity contribution is 5.89. The van der Waals surface area contributed by atoms with Crippen LogP contribution in [0.15, 0.2) is 60.7 Å². The van der Waals surface area contributed by atoms with Gasteiger partial charge in [0.05, 0.1) is 13.2 Å². The first kappa shape index (κ1) is 42.5. The lowest BCUT2D eigenvalue weighted by molar-refractivity contribution is -0.134. The Morgan fingerprint density at radius 2 is 0.978 bits per heavy atom. The average molecular weight is 651 g/mol. The van der Waals surface area contributed by atoms with Crippen molar-refractivity contribution in [3.63, 3.8) is 0 Å². The van der Waals surface area contributed by atoms with Crippen LogP contribution in [-0.2, 0) is 31.9 Å². The number of rotatable bonds is 20. The highest BCUT2D eigenvalue weighted by atomic mass is 16.5. The topological polar surface area (TPSA) is 176 Å². The molecule has 0 saturated heterocycles. The van der Waals surface area contributed by atoms with Crippen molar-refractivity contribution in [3.05, 3.63) is 71.8 Å². The predicted octanol–water partition coefficient (Wildman–Crippen LogP) is 2.94. The smallest absolute Gasteiger partial charge is 0.328 e. The van der Waals surface area contributed by atoms with E-state index in [2.05, 4.69) is 10.6 Å². The molecule has 0 radical (unpaired) electrons. The van der Waals surface area contributed by atoms with Gasteiger partial charge in [-0.1, -0.05) is 52.0 Å². The molecule has 0 spiro atoms. The van der Waals surface area contributed by atoms with Gasteiger partial charge in [0, 0.05) is 51.5 Å². The zero-order chi connectivity index (χ0) is 34.7.